The molecule has 0 saturated heterocycles. The Kier molecular flexibility index (Phi) is 2.46. The van der Waals surface area contributed by atoms with E-state index in [1.807, 2.05) is 14.0 Å². The van der Waals surface area contributed by atoms with Gasteiger partial charge in [0.05, 0.1) is 11.0 Å². The minimum Gasteiger partial charge on any atom is -0.331 e. The third-order valence-corrected chi connectivity index (χ3v) is 2.74. The average Bonchev–Trinajstić information content (AvgIpc) is 2.43. The molecule has 0 spiro atoms. The first-order valence-electron chi connectivity index (χ1n) is 4.70. The summed E-state index contributed by atoms with van der Waals surface area (Å²) < 4.78 is 2.10. The van der Waals surface area contributed by atoms with Crippen LogP contribution in [0.3, 0.4) is 0 Å². The summed E-state index contributed by atoms with van der Waals surface area (Å²) >= 11 is 5.70. The van der Waals surface area contributed by atoms with Crippen molar-refractivity contribution in [1.29, 1.82) is 0 Å². The molecular weight excluding hydrogens is 196 g/mol. The lowest BCUT2D eigenvalue weighted by Crippen LogP contribution is -1.90. The number of halogens is 1. The Bertz CT molecular complexity index is 460. The molecule has 0 bridgehead atoms. The second-order valence-electron chi connectivity index (χ2n) is 3.48. The molecule has 1 aromatic carbocycles. The van der Waals surface area contributed by atoms with Crippen LogP contribution in [0, 0.1) is 6.92 Å². The summed E-state index contributed by atoms with van der Waals surface area (Å²) in [5.74, 6) is 1.71. The molecule has 0 atom stereocenters. The second-order valence-corrected chi connectivity index (χ2v) is 3.86. The number of fused-ring (bicyclic) bond motifs is 1. The molecule has 2 nitrogen and oxygen atoms in total. The number of alkyl halides is 1. The second kappa shape index (κ2) is 3.62. The quantitative estimate of drug-likeness (QED) is 0.694. The fraction of sp³-hybridized carbons (Fsp3) is 0.364. The van der Waals surface area contributed by atoms with Gasteiger partial charge in [0.1, 0.15) is 5.82 Å². The van der Waals surface area contributed by atoms with Gasteiger partial charge in [0.15, 0.2) is 0 Å². The van der Waals surface area contributed by atoms with Crippen molar-refractivity contribution >= 4 is 22.6 Å². The maximum absolute atomic E-state index is 5.70. The largest absolute Gasteiger partial charge is 0.331 e. The van der Waals surface area contributed by atoms with E-state index in [9.17, 15) is 0 Å². The standard InChI is InChI=1S/C11H13ClN2/c1-8-13-10-7-9(5-6-12)3-4-11(10)14(8)2/h3-4,7H,5-6H2,1-2H3. The number of imidazole rings is 1. The molecule has 0 amide bonds. The molecular formula is C11H13ClN2. The van der Waals surface area contributed by atoms with E-state index in [0.717, 1.165) is 17.8 Å². The van der Waals surface area contributed by atoms with Crippen molar-refractivity contribution in [1.82, 2.24) is 9.55 Å². The van der Waals surface area contributed by atoms with Crippen LogP contribution in [0.2, 0.25) is 0 Å². The highest BCUT2D eigenvalue weighted by molar-refractivity contribution is 6.18. The predicted molar refractivity (Wildman–Crippen MR) is 59.9 cm³/mol. The van der Waals surface area contributed by atoms with E-state index in [2.05, 4.69) is 27.8 Å². The summed E-state index contributed by atoms with van der Waals surface area (Å²) in [6.45, 7) is 2.02. The number of rotatable bonds is 2. The van der Waals surface area contributed by atoms with Crippen molar-refractivity contribution in [3.8, 4) is 0 Å². The highest BCUT2D eigenvalue weighted by atomic mass is 35.5. The highest BCUT2D eigenvalue weighted by Crippen LogP contribution is 2.16. The molecule has 0 N–H and O–H groups in total. The number of aryl methyl sites for hydroxylation is 3. The van der Waals surface area contributed by atoms with Gasteiger partial charge in [-0.25, -0.2) is 4.98 Å². The Morgan fingerprint density at radius 1 is 1.43 bits per heavy atom. The van der Waals surface area contributed by atoms with Gasteiger partial charge in [-0.05, 0) is 31.0 Å². The summed E-state index contributed by atoms with van der Waals surface area (Å²) in [7, 11) is 2.03. The maximum atomic E-state index is 5.70. The summed E-state index contributed by atoms with van der Waals surface area (Å²) in [5.41, 5.74) is 3.50. The van der Waals surface area contributed by atoms with Gasteiger partial charge in [-0.2, -0.15) is 0 Å². The van der Waals surface area contributed by atoms with E-state index in [0.29, 0.717) is 5.88 Å². The molecule has 2 rings (SSSR count). The van der Waals surface area contributed by atoms with Crippen LogP contribution in [-0.2, 0) is 13.5 Å². The van der Waals surface area contributed by atoms with E-state index < -0.39 is 0 Å². The van der Waals surface area contributed by atoms with Gasteiger partial charge < -0.3 is 4.57 Å². The van der Waals surface area contributed by atoms with E-state index in [-0.39, 0.29) is 0 Å². The van der Waals surface area contributed by atoms with E-state index in [1.165, 1.54) is 11.1 Å². The molecule has 3 heteroatoms. The fourth-order valence-electron chi connectivity index (χ4n) is 1.63. The van der Waals surface area contributed by atoms with Crippen LogP contribution in [0.1, 0.15) is 11.4 Å². The van der Waals surface area contributed by atoms with Crippen molar-refractivity contribution in [2.45, 2.75) is 13.3 Å². The summed E-state index contributed by atoms with van der Waals surface area (Å²) in [6, 6.07) is 6.34. The number of nitrogens with zero attached hydrogens (tertiary/aromatic N) is 2. The van der Waals surface area contributed by atoms with Crippen LogP contribution >= 0.6 is 11.6 Å². The maximum Gasteiger partial charge on any atom is 0.106 e. The third-order valence-electron chi connectivity index (χ3n) is 2.55. The van der Waals surface area contributed by atoms with Gasteiger partial charge in [0.25, 0.3) is 0 Å². The number of benzene rings is 1. The van der Waals surface area contributed by atoms with Crippen molar-refractivity contribution in [2.24, 2.45) is 7.05 Å². The third kappa shape index (κ3) is 1.50. The zero-order valence-electron chi connectivity index (χ0n) is 8.42. The molecule has 0 aliphatic heterocycles. The molecule has 0 aliphatic rings. The molecule has 2 aromatic rings. The Labute approximate surface area is 88.5 Å². The molecule has 0 saturated carbocycles. The topological polar surface area (TPSA) is 17.8 Å². The van der Waals surface area contributed by atoms with Gasteiger partial charge >= 0.3 is 0 Å². The SMILES string of the molecule is Cc1nc2cc(CCCl)ccc2n1C. The zero-order valence-corrected chi connectivity index (χ0v) is 9.17. The van der Waals surface area contributed by atoms with E-state index in [4.69, 9.17) is 11.6 Å². The zero-order chi connectivity index (χ0) is 10.1. The summed E-state index contributed by atoms with van der Waals surface area (Å²) in [5, 5.41) is 0. The van der Waals surface area contributed by atoms with Crippen molar-refractivity contribution in [2.75, 3.05) is 5.88 Å². The van der Waals surface area contributed by atoms with Crippen molar-refractivity contribution in [3.05, 3.63) is 29.6 Å². The predicted octanol–water partition coefficient (Wildman–Crippen LogP) is 2.66. The average molecular weight is 209 g/mol. The van der Waals surface area contributed by atoms with Crippen LogP contribution in [0.5, 0.6) is 0 Å². The van der Waals surface area contributed by atoms with Crippen molar-refractivity contribution in [3.63, 3.8) is 0 Å². The minimum absolute atomic E-state index is 0.664. The number of hydrogen-bond acceptors (Lipinski definition) is 1. The molecule has 0 aliphatic carbocycles. The van der Waals surface area contributed by atoms with Crippen LogP contribution in [0.4, 0.5) is 0 Å². The van der Waals surface area contributed by atoms with E-state index >= 15 is 0 Å². The van der Waals surface area contributed by atoms with Gasteiger partial charge in [-0.3, -0.25) is 0 Å². The van der Waals surface area contributed by atoms with Gasteiger partial charge in [0, 0.05) is 12.9 Å². The summed E-state index contributed by atoms with van der Waals surface area (Å²) in [4.78, 5) is 4.48. The Morgan fingerprint density at radius 2 is 2.21 bits per heavy atom. The molecule has 0 radical (unpaired) electrons. The minimum atomic E-state index is 0.664. The Balaban J connectivity index is 2.56. The number of hydrogen-bond donors (Lipinski definition) is 0. The smallest absolute Gasteiger partial charge is 0.106 e. The monoisotopic (exact) mass is 208 g/mol. The van der Waals surface area contributed by atoms with Crippen LogP contribution in [0.25, 0.3) is 11.0 Å². The first-order valence-corrected chi connectivity index (χ1v) is 5.24. The Hall–Kier alpha value is -1.02. The van der Waals surface area contributed by atoms with Gasteiger partial charge in [-0.15, -0.1) is 11.6 Å². The van der Waals surface area contributed by atoms with Gasteiger partial charge in [0.2, 0.25) is 0 Å². The molecule has 0 unspecified atom stereocenters. The molecule has 74 valence electrons. The number of aromatic nitrogens is 2. The van der Waals surface area contributed by atoms with Crippen LogP contribution in [0.15, 0.2) is 18.2 Å². The molecule has 0 fully saturated rings. The van der Waals surface area contributed by atoms with Crippen LogP contribution in [-0.4, -0.2) is 15.4 Å². The molecule has 14 heavy (non-hydrogen) atoms. The first kappa shape index (κ1) is 9.53. The Morgan fingerprint density at radius 3 is 2.93 bits per heavy atom. The highest BCUT2D eigenvalue weighted by Gasteiger charge is 2.03. The first-order chi connectivity index (χ1) is 6.72. The molecule has 1 aromatic heterocycles. The molecule has 1 heterocycles. The lowest BCUT2D eigenvalue weighted by molar-refractivity contribution is 0.886. The van der Waals surface area contributed by atoms with E-state index in [1.54, 1.807) is 0 Å². The van der Waals surface area contributed by atoms with Gasteiger partial charge in [-0.1, -0.05) is 6.07 Å². The van der Waals surface area contributed by atoms with Crippen LogP contribution < -0.4 is 0 Å². The van der Waals surface area contributed by atoms with Crippen molar-refractivity contribution < 1.29 is 0 Å². The summed E-state index contributed by atoms with van der Waals surface area (Å²) in [6.07, 6.45) is 0.910. The normalized spacial score (nSPS) is 11.1. The lowest BCUT2D eigenvalue weighted by Gasteiger charge is -1.98. The fourth-order valence-corrected chi connectivity index (χ4v) is 1.85. The lowest BCUT2D eigenvalue weighted by atomic mass is 10.1.